The highest BCUT2D eigenvalue weighted by Gasteiger charge is 2.61. The molecule has 0 spiro atoms. The van der Waals surface area contributed by atoms with Crippen LogP contribution in [-0.2, 0) is 4.79 Å². The number of carbonyl (C=O) groups excluding carboxylic acids is 1. The summed E-state index contributed by atoms with van der Waals surface area (Å²) in [5.74, 6) is -1.54. The van der Waals surface area contributed by atoms with Gasteiger partial charge in [0.15, 0.2) is 0 Å². The number of hydrogen-bond donors (Lipinski definition) is 1. The minimum atomic E-state index is -0.813. The fourth-order valence-corrected chi connectivity index (χ4v) is 5.38. The lowest BCUT2D eigenvalue weighted by Gasteiger charge is -2.34. The molecule has 3 aromatic rings. The van der Waals surface area contributed by atoms with Gasteiger partial charge in [0.1, 0.15) is 5.70 Å². The highest BCUT2D eigenvalue weighted by molar-refractivity contribution is 5.97. The van der Waals surface area contributed by atoms with E-state index in [9.17, 15) is 14.9 Å². The molecule has 1 amide bonds. The smallest absolute Gasteiger partial charge is 0.275 e. The van der Waals surface area contributed by atoms with Gasteiger partial charge in [0.05, 0.1) is 21.8 Å². The Hall–Kier alpha value is -3.87. The first-order chi connectivity index (χ1) is 15.8. The van der Waals surface area contributed by atoms with Crippen LogP contribution in [0, 0.1) is 21.4 Å². The molecular formula is C26H24N4O3. The van der Waals surface area contributed by atoms with Crippen molar-refractivity contribution >= 4 is 22.5 Å². The lowest BCUT2D eigenvalue weighted by atomic mass is 9.69. The van der Waals surface area contributed by atoms with Crippen molar-refractivity contribution in [2.75, 3.05) is 0 Å². The molecule has 2 aromatic carbocycles. The van der Waals surface area contributed by atoms with E-state index in [2.05, 4.69) is 9.98 Å². The van der Waals surface area contributed by atoms with Gasteiger partial charge in [0.25, 0.3) is 5.70 Å². The number of fused-ring (bicyclic) bond motifs is 1. The summed E-state index contributed by atoms with van der Waals surface area (Å²) in [7, 11) is 0. The Bertz CT molecular complexity index is 1360. The topological polar surface area (TPSA) is 111 Å². The summed E-state index contributed by atoms with van der Waals surface area (Å²) in [4.78, 5) is 33.6. The molecule has 1 aliphatic heterocycles. The molecule has 2 heterocycles. The van der Waals surface area contributed by atoms with Gasteiger partial charge in [-0.3, -0.25) is 24.9 Å². The van der Waals surface area contributed by atoms with E-state index >= 15 is 0 Å². The normalized spacial score (nSPS) is 21.6. The fraction of sp³-hybridized carbons (Fsp3) is 0.269. The summed E-state index contributed by atoms with van der Waals surface area (Å²) < 4.78 is 0. The first kappa shape index (κ1) is 21.0. The van der Waals surface area contributed by atoms with Crippen molar-refractivity contribution in [2.45, 2.75) is 32.6 Å². The number of nitrogens with two attached hydrogens (primary N) is 1. The van der Waals surface area contributed by atoms with Crippen molar-refractivity contribution in [3.05, 3.63) is 87.9 Å². The van der Waals surface area contributed by atoms with Gasteiger partial charge in [-0.25, -0.2) is 0 Å². The number of amides is 1. The monoisotopic (exact) mass is 440 g/mol. The number of carbonyl (C=O) groups is 1. The summed E-state index contributed by atoms with van der Waals surface area (Å²) in [6, 6.07) is 17.6. The number of aromatic nitrogens is 1. The number of primary amides is 1. The van der Waals surface area contributed by atoms with Gasteiger partial charge in [0, 0.05) is 28.8 Å². The molecule has 1 aromatic heterocycles. The largest absolute Gasteiger partial charge is 0.369 e. The minimum absolute atomic E-state index is 0.0238. The number of nitrogens with zero attached hydrogens (tertiary/aromatic N) is 3. The molecule has 5 rings (SSSR count). The lowest BCUT2D eigenvalue weighted by molar-refractivity contribution is -0.433. The maximum Gasteiger partial charge on any atom is 0.275 e. The van der Waals surface area contributed by atoms with Crippen LogP contribution in [0.15, 0.2) is 77.2 Å². The number of hydrogen-bond acceptors (Lipinski definition) is 5. The van der Waals surface area contributed by atoms with Crippen molar-refractivity contribution in [2.24, 2.45) is 22.1 Å². The Labute approximate surface area is 191 Å². The van der Waals surface area contributed by atoms with E-state index in [1.807, 2.05) is 67.7 Å². The highest BCUT2D eigenvalue weighted by Crippen LogP contribution is 2.60. The van der Waals surface area contributed by atoms with Crippen LogP contribution in [0.2, 0.25) is 0 Å². The number of pyridine rings is 1. The first-order valence-electron chi connectivity index (χ1n) is 11.0. The summed E-state index contributed by atoms with van der Waals surface area (Å²) >= 11 is 0. The molecule has 1 fully saturated rings. The van der Waals surface area contributed by atoms with Crippen molar-refractivity contribution in [1.82, 2.24) is 4.98 Å². The molecule has 0 bridgehead atoms. The van der Waals surface area contributed by atoms with Gasteiger partial charge >= 0.3 is 0 Å². The summed E-state index contributed by atoms with van der Waals surface area (Å²) in [6.45, 7) is 3.51. The minimum Gasteiger partial charge on any atom is -0.369 e. The van der Waals surface area contributed by atoms with Crippen LogP contribution in [0.25, 0.3) is 22.0 Å². The third-order valence-electron chi connectivity index (χ3n) is 7.07. The van der Waals surface area contributed by atoms with E-state index in [0.29, 0.717) is 24.3 Å². The van der Waals surface area contributed by atoms with E-state index in [-0.39, 0.29) is 10.6 Å². The molecule has 7 nitrogen and oxygen atoms in total. The van der Waals surface area contributed by atoms with Gasteiger partial charge < -0.3 is 5.73 Å². The molecule has 0 radical (unpaired) electrons. The van der Waals surface area contributed by atoms with Gasteiger partial charge in [-0.1, -0.05) is 42.5 Å². The summed E-state index contributed by atoms with van der Waals surface area (Å²) in [5.41, 5.74) is 9.58. The number of rotatable bonds is 5. The number of allylic oxidation sites excluding steroid dienone is 2. The average molecular weight is 441 g/mol. The summed E-state index contributed by atoms with van der Waals surface area (Å²) in [6.07, 6.45) is 3.03. The molecule has 2 atom stereocenters. The second-order valence-electron chi connectivity index (χ2n) is 8.96. The zero-order valence-electron chi connectivity index (χ0n) is 18.5. The Balaban J connectivity index is 1.77. The molecule has 2 unspecified atom stereocenters. The number of nitro groups is 1. The predicted octanol–water partition coefficient (Wildman–Crippen LogP) is 4.85. The van der Waals surface area contributed by atoms with Gasteiger partial charge in [0.2, 0.25) is 5.91 Å². The Kier molecular flexibility index (Phi) is 4.85. The van der Waals surface area contributed by atoms with E-state index < -0.39 is 23.2 Å². The Morgan fingerprint density at radius 3 is 2.45 bits per heavy atom. The van der Waals surface area contributed by atoms with Crippen molar-refractivity contribution in [1.29, 1.82) is 0 Å². The lowest BCUT2D eigenvalue weighted by Crippen LogP contribution is -2.42. The van der Waals surface area contributed by atoms with Crippen LogP contribution in [0.5, 0.6) is 0 Å². The third-order valence-corrected chi connectivity index (χ3v) is 7.07. The van der Waals surface area contributed by atoms with Gasteiger partial charge in [-0.2, -0.15) is 0 Å². The number of aliphatic imine (C=N–C) groups is 1. The molecule has 2 aliphatic rings. The summed E-state index contributed by atoms with van der Waals surface area (Å²) in [5, 5.41) is 13.1. The van der Waals surface area contributed by atoms with Crippen molar-refractivity contribution in [3.8, 4) is 11.1 Å². The zero-order valence-corrected chi connectivity index (χ0v) is 18.5. The van der Waals surface area contributed by atoms with Crippen LogP contribution >= 0.6 is 0 Å². The third kappa shape index (κ3) is 3.31. The molecule has 33 heavy (non-hydrogen) atoms. The SMILES string of the molecule is CC1=NC(C)=C([N+](=O)[O-])C(c2cccc3ncc(-c4ccccc4)cc23)C1C1(C(N)=O)CC1. The van der Waals surface area contributed by atoms with Gasteiger partial charge in [-0.15, -0.1) is 0 Å². The molecule has 1 saturated carbocycles. The van der Waals surface area contributed by atoms with Crippen LogP contribution in [0.3, 0.4) is 0 Å². The van der Waals surface area contributed by atoms with Crippen LogP contribution in [0.4, 0.5) is 0 Å². The van der Waals surface area contributed by atoms with E-state index in [1.54, 1.807) is 6.92 Å². The van der Waals surface area contributed by atoms with Crippen molar-refractivity contribution < 1.29 is 9.72 Å². The fourth-order valence-electron chi connectivity index (χ4n) is 5.38. The zero-order chi connectivity index (χ0) is 23.3. The Morgan fingerprint density at radius 1 is 1.09 bits per heavy atom. The molecule has 2 N–H and O–H groups in total. The molecule has 166 valence electrons. The second-order valence-corrected chi connectivity index (χ2v) is 8.96. The van der Waals surface area contributed by atoms with E-state index in [0.717, 1.165) is 27.6 Å². The average Bonchev–Trinajstić information content (AvgIpc) is 3.60. The molecule has 7 heteroatoms. The quantitative estimate of drug-likeness (QED) is 0.451. The van der Waals surface area contributed by atoms with Gasteiger partial charge in [-0.05, 0) is 49.9 Å². The molecular weight excluding hydrogens is 416 g/mol. The predicted molar refractivity (Wildman–Crippen MR) is 127 cm³/mol. The van der Waals surface area contributed by atoms with Crippen LogP contribution < -0.4 is 5.73 Å². The van der Waals surface area contributed by atoms with Crippen LogP contribution in [0.1, 0.15) is 38.2 Å². The molecule has 1 aliphatic carbocycles. The van der Waals surface area contributed by atoms with Crippen molar-refractivity contribution in [3.63, 3.8) is 0 Å². The maximum absolute atomic E-state index is 12.5. The standard InChI is InChI=1S/C26H24N4O3/c1-15-23(26(11-12-26)25(27)31)22(24(30(32)33)16(2)29-15)19-9-6-10-21-20(19)13-18(14-28-21)17-7-4-3-5-8-17/h3-10,13-14,22-23H,11-12H2,1-2H3,(H2,27,31). The second kappa shape index (κ2) is 7.62. The number of benzene rings is 2. The highest BCUT2D eigenvalue weighted by atomic mass is 16.6. The van der Waals surface area contributed by atoms with E-state index in [1.165, 1.54) is 0 Å². The first-order valence-corrected chi connectivity index (χ1v) is 11.0. The van der Waals surface area contributed by atoms with Crippen LogP contribution in [-0.4, -0.2) is 21.5 Å². The molecule has 0 saturated heterocycles. The van der Waals surface area contributed by atoms with E-state index in [4.69, 9.17) is 5.73 Å². The maximum atomic E-state index is 12.5. The Morgan fingerprint density at radius 2 is 1.82 bits per heavy atom.